The van der Waals surface area contributed by atoms with E-state index in [4.69, 9.17) is 17.3 Å². The van der Waals surface area contributed by atoms with E-state index >= 15 is 0 Å². The van der Waals surface area contributed by atoms with E-state index in [1.165, 1.54) is 25.7 Å². The van der Waals surface area contributed by atoms with Crippen molar-refractivity contribution in [2.24, 2.45) is 29.4 Å². The fourth-order valence-electron chi connectivity index (χ4n) is 5.17. The minimum absolute atomic E-state index is 0.0888. The van der Waals surface area contributed by atoms with Crippen LogP contribution in [0.25, 0.3) is 0 Å². The Balaban J connectivity index is 1.29. The number of benzene rings is 1. The molecule has 178 valence electrons. The second kappa shape index (κ2) is 9.30. The fourth-order valence-corrected chi connectivity index (χ4v) is 5.29. The predicted molar refractivity (Wildman–Crippen MR) is 128 cm³/mol. The SMILES string of the molecule is N#C[C@H]1C[C@@H](C(=O)NC(C2CC2)C2CC2)CC[C@@H]1n1cc(C(N)=O)c(Nc2ccc(Cl)cc2)n1. The first kappa shape index (κ1) is 22.7. The summed E-state index contributed by atoms with van der Waals surface area (Å²) >= 11 is 5.95. The van der Waals surface area contributed by atoms with Crippen LogP contribution in [0.15, 0.2) is 30.5 Å². The Morgan fingerprint density at radius 3 is 2.38 bits per heavy atom. The number of nitrogens with two attached hydrogens (primary N) is 1. The number of nitriles is 1. The summed E-state index contributed by atoms with van der Waals surface area (Å²) in [5.41, 5.74) is 6.57. The van der Waals surface area contributed by atoms with Gasteiger partial charge in [-0.15, -0.1) is 0 Å². The van der Waals surface area contributed by atoms with Crippen LogP contribution in [-0.4, -0.2) is 27.6 Å². The minimum atomic E-state index is -0.601. The topological polar surface area (TPSA) is 126 Å². The Bertz CT molecular complexity index is 1100. The van der Waals surface area contributed by atoms with Crippen molar-refractivity contribution in [1.29, 1.82) is 5.26 Å². The molecule has 1 aromatic heterocycles. The molecule has 34 heavy (non-hydrogen) atoms. The van der Waals surface area contributed by atoms with E-state index in [2.05, 4.69) is 21.8 Å². The quantitative estimate of drug-likeness (QED) is 0.522. The molecule has 8 nitrogen and oxygen atoms in total. The number of hydrogen-bond donors (Lipinski definition) is 3. The highest BCUT2D eigenvalue weighted by molar-refractivity contribution is 6.30. The van der Waals surface area contributed by atoms with Crippen molar-refractivity contribution in [2.75, 3.05) is 5.32 Å². The summed E-state index contributed by atoms with van der Waals surface area (Å²) in [5, 5.41) is 21.5. The van der Waals surface area contributed by atoms with Crippen LogP contribution in [0.2, 0.25) is 5.02 Å². The lowest BCUT2D eigenvalue weighted by molar-refractivity contribution is -0.127. The summed E-state index contributed by atoms with van der Waals surface area (Å²) in [6, 6.07) is 9.51. The summed E-state index contributed by atoms with van der Waals surface area (Å²) in [6.07, 6.45) is 8.25. The lowest BCUT2D eigenvalue weighted by Gasteiger charge is -2.33. The van der Waals surface area contributed by atoms with Crippen molar-refractivity contribution >= 4 is 34.9 Å². The zero-order chi connectivity index (χ0) is 23.8. The number of nitrogens with zero attached hydrogens (tertiary/aromatic N) is 3. The van der Waals surface area contributed by atoms with Crippen LogP contribution in [0.3, 0.4) is 0 Å². The van der Waals surface area contributed by atoms with Crippen LogP contribution >= 0.6 is 11.6 Å². The van der Waals surface area contributed by atoms with Gasteiger partial charge in [0.15, 0.2) is 5.82 Å². The lowest BCUT2D eigenvalue weighted by Crippen LogP contribution is -2.43. The van der Waals surface area contributed by atoms with E-state index in [9.17, 15) is 14.9 Å². The summed E-state index contributed by atoms with van der Waals surface area (Å²) < 4.78 is 1.66. The maximum atomic E-state index is 13.0. The van der Waals surface area contributed by atoms with Gasteiger partial charge in [0.2, 0.25) is 5.91 Å². The Labute approximate surface area is 203 Å². The van der Waals surface area contributed by atoms with Crippen molar-refractivity contribution in [2.45, 2.75) is 57.0 Å². The molecule has 0 radical (unpaired) electrons. The molecule has 0 bridgehead atoms. The molecule has 3 fully saturated rings. The minimum Gasteiger partial charge on any atom is -0.365 e. The van der Waals surface area contributed by atoms with Crippen LogP contribution in [0, 0.1) is 35.0 Å². The molecule has 9 heteroatoms. The van der Waals surface area contributed by atoms with Crippen molar-refractivity contribution in [3.63, 3.8) is 0 Å². The predicted octanol–water partition coefficient (Wildman–Crippen LogP) is 4.16. The molecule has 3 atom stereocenters. The summed E-state index contributed by atoms with van der Waals surface area (Å²) in [7, 11) is 0. The molecule has 3 aliphatic carbocycles. The maximum absolute atomic E-state index is 13.0. The van der Waals surface area contributed by atoms with Gasteiger partial charge in [-0.3, -0.25) is 14.3 Å². The molecule has 4 N–H and O–H groups in total. The second-order valence-corrected chi connectivity index (χ2v) is 10.3. The van der Waals surface area contributed by atoms with E-state index in [-0.39, 0.29) is 29.3 Å². The van der Waals surface area contributed by atoms with Crippen molar-refractivity contribution < 1.29 is 9.59 Å². The maximum Gasteiger partial charge on any atom is 0.254 e. The molecule has 5 rings (SSSR count). The number of carbonyl (C=O) groups excluding carboxylic acids is 2. The Kier molecular flexibility index (Phi) is 6.22. The molecule has 0 saturated heterocycles. The first-order valence-electron chi connectivity index (χ1n) is 12.0. The number of halogens is 1. The number of primary amides is 1. The van der Waals surface area contributed by atoms with Gasteiger partial charge in [-0.05, 0) is 81.0 Å². The number of carbonyl (C=O) groups is 2. The van der Waals surface area contributed by atoms with Crippen molar-refractivity contribution in [3.05, 3.63) is 41.0 Å². The third kappa shape index (κ3) is 4.90. The Morgan fingerprint density at radius 2 is 1.79 bits per heavy atom. The van der Waals surface area contributed by atoms with Crippen molar-refractivity contribution in [1.82, 2.24) is 15.1 Å². The van der Waals surface area contributed by atoms with E-state index in [1.54, 1.807) is 35.1 Å². The molecular weight excluding hydrogens is 452 g/mol. The molecule has 1 heterocycles. The van der Waals surface area contributed by atoms with Gasteiger partial charge in [-0.25, -0.2) is 0 Å². The number of rotatable bonds is 8. The van der Waals surface area contributed by atoms with Crippen LogP contribution in [-0.2, 0) is 4.79 Å². The largest absolute Gasteiger partial charge is 0.365 e. The number of anilines is 2. The van der Waals surface area contributed by atoms with Crippen LogP contribution < -0.4 is 16.4 Å². The molecule has 0 aliphatic heterocycles. The van der Waals surface area contributed by atoms with E-state index in [1.807, 2.05) is 0 Å². The average Bonchev–Trinajstić information content (AvgIpc) is 3.76. The van der Waals surface area contributed by atoms with Crippen LogP contribution in [0.4, 0.5) is 11.5 Å². The van der Waals surface area contributed by atoms with Crippen molar-refractivity contribution in [3.8, 4) is 6.07 Å². The normalized spacial score (nSPS) is 24.4. The molecular formula is C25H29ClN6O2. The highest BCUT2D eigenvalue weighted by Crippen LogP contribution is 2.45. The summed E-state index contributed by atoms with van der Waals surface area (Å²) in [5.74, 6) is 0.557. The zero-order valence-electron chi connectivity index (χ0n) is 18.9. The van der Waals surface area contributed by atoms with Gasteiger partial charge in [0.05, 0.1) is 18.0 Å². The first-order valence-corrected chi connectivity index (χ1v) is 12.4. The highest BCUT2D eigenvalue weighted by atomic mass is 35.5. The molecule has 0 spiro atoms. The monoisotopic (exact) mass is 480 g/mol. The fraction of sp³-hybridized carbons (Fsp3) is 0.520. The molecule has 1 aromatic carbocycles. The van der Waals surface area contributed by atoms with Gasteiger partial charge < -0.3 is 16.4 Å². The molecule has 2 amide bonds. The Hall–Kier alpha value is -3.05. The van der Waals surface area contributed by atoms with Gasteiger partial charge in [0.25, 0.3) is 5.91 Å². The number of aromatic nitrogens is 2. The van der Waals surface area contributed by atoms with Crippen LogP contribution in [0.1, 0.15) is 61.3 Å². The number of nitrogens with one attached hydrogen (secondary N) is 2. The van der Waals surface area contributed by atoms with Gasteiger partial charge in [0.1, 0.15) is 5.56 Å². The van der Waals surface area contributed by atoms with E-state index in [0.29, 0.717) is 48.0 Å². The van der Waals surface area contributed by atoms with Crippen LogP contribution in [0.5, 0.6) is 0 Å². The summed E-state index contributed by atoms with van der Waals surface area (Å²) in [6.45, 7) is 0. The van der Waals surface area contributed by atoms with Gasteiger partial charge in [0, 0.05) is 28.9 Å². The second-order valence-electron chi connectivity index (χ2n) is 9.89. The zero-order valence-corrected chi connectivity index (χ0v) is 19.7. The highest BCUT2D eigenvalue weighted by Gasteiger charge is 2.44. The van der Waals surface area contributed by atoms with Gasteiger partial charge in [-0.2, -0.15) is 10.4 Å². The third-order valence-corrected chi connectivity index (χ3v) is 7.62. The molecule has 3 saturated carbocycles. The molecule has 2 aromatic rings. The first-order chi connectivity index (χ1) is 16.4. The third-order valence-electron chi connectivity index (χ3n) is 7.36. The molecule has 0 unspecified atom stereocenters. The van der Waals surface area contributed by atoms with E-state index < -0.39 is 5.91 Å². The standard InChI is InChI=1S/C25H29ClN6O2/c26-18-6-8-19(9-7-18)29-24-20(23(28)33)13-32(31-24)21-10-5-16(11-17(21)12-27)25(34)30-22(14-1-2-14)15-3-4-15/h6-9,13-17,21-22H,1-5,10-11H2,(H2,28,33)(H,29,31)(H,30,34)/t16-,17+,21-/m0/s1. The van der Waals surface area contributed by atoms with Gasteiger partial charge in [-0.1, -0.05) is 11.6 Å². The van der Waals surface area contributed by atoms with Gasteiger partial charge >= 0.3 is 0 Å². The molecule has 3 aliphatic rings. The lowest BCUT2D eigenvalue weighted by atomic mass is 9.78. The summed E-state index contributed by atoms with van der Waals surface area (Å²) in [4.78, 5) is 25.1. The number of hydrogen-bond acceptors (Lipinski definition) is 5. The average molecular weight is 481 g/mol. The Morgan fingerprint density at radius 1 is 1.12 bits per heavy atom. The smallest absolute Gasteiger partial charge is 0.254 e. The number of amides is 2. The van der Waals surface area contributed by atoms with E-state index in [0.717, 1.165) is 5.69 Å².